The second-order valence-corrected chi connectivity index (χ2v) is 8.51. The molecule has 0 spiro atoms. The number of carbonyl (C=O) groups is 1. The van der Waals surface area contributed by atoms with E-state index in [0.717, 1.165) is 0 Å². The molecule has 1 aliphatic rings. The zero-order valence-electron chi connectivity index (χ0n) is 11.5. The van der Waals surface area contributed by atoms with Gasteiger partial charge in [-0.2, -0.15) is 0 Å². The van der Waals surface area contributed by atoms with Crippen LogP contribution in [0.2, 0.25) is 0 Å². The molecule has 1 aliphatic heterocycles. The van der Waals surface area contributed by atoms with E-state index in [0.29, 0.717) is 32.0 Å². The Morgan fingerprint density at radius 2 is 1.94 bits per heavy atom. The summed E-state index contributed by atoms with van der Waals surface area (Å²) < 4.78 is 1.51. The van der Waals surface area contributed by atoms with Crippen molar-refractivity contribution < 1.29 is 4.79 Å². The van der Waals surface area contributed by atoms with Gasteiger partial charge in [0, 0.05) is 0 Å². The summed E-state index contributed by atoms with van der Waals surface area (Å²) in [6.45, 7) is 8.49. The summed E-state index contributed by atoms with van der Waals surface area (Å²) in [6, 6.07) is 8.51. The second-order valence-electron chi connectivity index (χ2n) is 5.90. The molecule has 1 aromatic rings. The van der Waals surface area contributed by atoms with E-state index in [-0.39, 0.29) is 5.41 Å². The van der Waals surface area contributed by atoms with Crippen molar-refractivity contribution in [3.8, 4) is 0 Å². The number of benzene rings is 1. The number of Topliss-reactive ketones (excluding diaryl/α,β-unsaturated/α-hetero) is 1. The van der Waals surface area contributed by atoms with Crippen molar-refractivity contribution in [1.29, 1.82) is 0 Å². The summed E-state index contributed by atoms with van der Waals surface area (Å²) in [5, 5.41) is 0. The maximum absolute atomic E-state index is 11.5. The summed E-state index contributed by atoms with van der Waals surface area (Å²) in [5.74, 6) is 0.298. The van der Waals surface area contributed by atoms with Gasteiger partial charge in [0.25, 0.3) is 0 Å². The van der Waals surface area contributed by atoms with Crippen LogP contribution in [-0.2, 0) is 4.79 Å². The Bertz CT molecular complexity index is 494. The molecule has 0 aliphatic carbocycles. The van der Waals surface area contributed by atoms with Crippen LogP contribution >= 0.6 is 0 Å². The SMILES string of the molecule is CC(=O)CC1[Se]C(C(C)(C)C)=Cc2ccccc21. The Kier molecular flexibility index (Phi) is 3.79. The molecule has 18 heavy (non-hydrogen) atoms. The average molecular weight is 307 g/mol. The van der Waals surface area contributed by atoms with Gasteiger partial charge in [-0.1, -0.05) is 0 Å². The molecule has 0 saturated carbocycles. The van der Waals surface area contributed by atoms with Gasteiger partial charge < -0.3 is 0 Å². The summed E-state index contributed by atoms with van der Waals surface area (Å²) in [6.07, 6.45) is 3.02. The Morgan fingerprint density at radius 3 is 2.56 bits per heavy atom. The number of carbonyl (C=O) groups excluding carboxylic acids is 1. The Hall–Kier alpha value is -0.851. The molecule has 0 radical (unpaired) electrons. The topological polar surface area (TPSA) is 17.1 Å². The molecular weight excluding hydrogens is 287 g/mol. The minimum absolute atomic E-state index is 0.211. The first-order chi connectivity index (χ1) is 8.38. The molecule has 96 valence electrons. The molecule has 0 amide bonds. The van der Waals surface area contributed by atoms with E-state index in [1.54, 1.807) is 6.92 Å². The van der Waals surface area contributed by atoms with Crippen LogP contribution in [0.4, 0.5) is 0 Å². The van der Waals surface area contributed by atoms with Gasteiger partial charge in [-0.25, -0.2) is 0 Å². The zero-order valence-corrected chi connectivity index (χ0v) is 13.2. The van der Waals surface area contributed by atoms with E-state index in [1.807, 2.05) is 0 Å². The molecule has 1 aromatic carbocycles. The predicted molar refractivity (Wildman–Crippen MR) is 77.7 cm³/mol. The molecule has 0 aromatic heterocycles. The van der Waals surface area contributed by atoms with E-state index >= 15 is 0 Å². The summed E-state index contributed by atoms with van der Waals surface area (Å²) in [7, 11) is 0. The van der Waals surface area contributed by atoms with Gasteiger partial charge >= 0.3 is 116 Å². The Labute approximate surface area is 116 Å². The monoisotopic (exact) mass is 308 g/mol. The molecule has 1 atom stereocenters. The second kappa shape index (κ2) is 5.03. The minimum atomic E-state index is 0.211. The molecule has 0 fully saturated rings. The van der Waals surface area contributed by atoms with Crippen molar-refractivity contribution in [2.75, 3.05) is 0 Å². The summed E-state index contributed by atoms with van der Waals surface area (Å²) >= 11 is 0.387. The third-order valence-corrected chi connectivity index (χ3v) is 6.65. The molecule has 0 N–H and O–H groups in total. The van der Waals surface area contributed by atoms with Crippen LogP contribution in [0.25, 0.3) is 6.08 Å². The Balaban J connectivity index is 2.42. The molecule has 1 heterocycles. The van der Waals surface area contributed by atoms with Gasteiger partial charge in [-0.15, -0.1) is 0 Å². The normalized spacial score (nSPS) is 19.1. The fourth-order valence-corrected chi connectivity index (χ4v) is 5.31. The first-order valence-electron chi connectivity index (χ1n) is 6.35. The van der Waals surface area contributed by atoms with E-state index in [4.69, 9.17) is 0 Å². The number of allylic oxidation sites excluding steroid dienone is 1. The van der Waals surface area contributed by atoms with Crippen LogP contribution < -0.4 is 0 Å². The first-order valence-corrected chi connectivity index (χ1v) is 8.19. The predicted octanol–water partition coefficient (Wildman–Crippen LogP) is 3.81. The van der Waals surface area contributed by atoms with Crippen molar-refractivity contribution in [3.05, 3.63) is 39.9 Å². The fourth-order valence-electron chi connectivity index (χ4n) is 2.13. The third kappa shape index (κ3) is 2.93. The fraction of sp³-hybridized carbons (Fsp3) is 0.438. The van der Waals surface area contributed by atoms with E-state index in [9.17, 15) is 4.79 Å². The van der Waals surface area contributed by atoms with Gasteiger partial charge in [0.05, 0.1) is 0 Å². The van der Waals surface area contributed by atoms with Crippen LogP contribution in [0.5, 0.6) is 0 Å². The molecule has 1 nitrogen and oxygen atoms in total. The van der Waals surface area contributed by atoms with Crippen molar-refractivity contribution in [3.63, 3.8) is 0 Å². The van der Waals surface area contributed by atoms with Crippen molar-refractivity contribution in [2.45, 2.75) is 38.9 Å². The van der Waals surface area contributed by atoms with Crippen LogP contribution in [0.1, 0.15) is 50.1 Å². The van der Waals surface area contributed by atoms with Gasteiger partial charge in [0.15, 0.2) is 0 Å². The number of ketones is 1. The van der Waals surface area contributed by atoms with Crippen LogP contribution in [-0.4, -0.2) is 20.7 Å². The number of hydrogen-bond donors (Lipinski definition) is 0. The van der Waals surface area contributed by atoms with Gasteiger partial charge in [0.2, 0.25) is 0 Å². The van der Waals surface area contributed by atoms with E-state index in [2.05, 4.69) is 51.1 Å². The Morgan fingerprint density at radius 1 is 1.28 bits per heavy atom. The molecular formula is C16H20OSe. The van der Waals surface area contributed by atoms with E-state index < -0.39 is 0 Å². The maximum atomic E-state index is 11.5. The molecule has 0 saturated heterocycles. The summed E-state index contributed by atoms with van der Waals surface area (Å²) in [4.78, 5) is 11.9. The zero-order chi connectivity index (χ0) is 13.3. The number of hydrogen-bond acceptors (Lipinski definition) is 1. The van der Waals surface area contributed by atoms with Gasteiger partial charge in [-0.3, -0.25) is 0 Å². The van der Waals surface area contributed by atoms with Crippen molar-refractivity contribution in [1.82, 2.24) is 0 Å². The van der Waals surface area contributed by atoms with Crippen LogP contribution in [0.3, 0.4) is 0 Å². The molecule has 2 rings (SSSR count). The number of rotatable bonds is 2. The molecule has 1 unspecified atom stereocenters. The molecule has 2 heteroatoms. The average Bonchev–Trinajstić information content (AvgIpc) is 2.27. The first kappa shape index (κ1) is 13.6. The van der Waals surface area contributed by atoms with Crippen LogP contribution in [0, 0.1) is 5.41 Å². The van der Waals surface area contributed by atoms with Crippen molar-refractivity contribution >= 4 is 26.8 Å². The quantitative estimate of drug-likeness (QED) is 0.759. The standard InChI is InChI=1S/C16H20OSe/c1-11(17)9-14-13-8-6-5-7-12(13)10-15(18-14)16(2,3)4/h5-8,10,14H,9H2,1-4H3. The van der Waals surface area contributed by atoms with E-state index in [1.165, 1.54) is 15.6 Å². The van der Waals surface area contributed by atoms with Gasteiger partial charge in [0.1, 0.15) is 0 Å². The summed E-state index contributed by atoms with van der Waals surface area (Å²) in [5.41, 5.74) is 2.88. The van der Waals surface area contributed by atoms with Gasteiger partial charge in [-0.05, 0) is 0 Å². The van der Waals surface area contributed by atoms with Crippen molar-refractivity contribution in [2.24, 2.45) is 5.41 Å². The molecule has 0 bridgehead atoms. The number of fused-ring (bicyclic) bond motifs is 1. The third-order valence-electron chi connectivity index (χ3n) is 3.11. The van der Waals surface area contributed by atoms with Crippen LogP contribution in [0.15, 0.2) is 28.7 Å².